The molecule has 0 spiro atoms. The van der Waals surface area contributed by atoms with E-state index in [1.165, 1.54) is 5.56 Å². The summed E-state index contributed by atoms with van der Waals surface area (Å²) in [5.74, 6) is 1.04. The second-order valence-electron chi connectivity index (χ2n) is 6.24. The van der Waals surface area contributed by atoms with Gasteiger partial charge < -0.3 is 14.4 Å². The predicted molar refractivity (Wildman–Crippen MR) is 102 cm³/mol. The molecule has 6 heteroatoms. The lowest BCUT2D eigenvalue weighted by Crippen LogP contribution is -2.48. The number of piperazine rings is 1. The van der Waals surface area contributed by atoms with Crippen molar-refractivity contribution in [3.63, 3.8) is 0 Å². The van der Waals surface area contributed by atoms with Crippen LogP contribution in [0.3, 0.4) is 0 Å². The molecule has 1 aliphatic rings. The van der Waals surface area contributed by atoms with Gasteiger partial charge in [0, 0.05) is 37.7 Å². The van der Waals surface area contributed by atoms with Crippen molar-refractivity contribution >= 4 is 17.5 Å². The van der Waals surface area contributed by atoms with Crippen molar-refractivity contribution in [3.8, 4) is 11.5 Å². The SMILES string of the molecule is COc1cccc(C(=O)N2CCN(Cc3ccc(Cl)cc3)CC2)c1OC. The maximum absolute atomic E-state index is 12.9. The molecule has 2 aromatic rings. The number of para-hydroxylation sites is 1. The van der Waals surface area contributed by atoms with Crippen LogP contribution in [0.1, 0.15) is 15.9 Å². The first kappa shape index (κ1) is 18.5. The molecule has 1 aliphatic heterocycles. The van der Waals surface area contributed by atoms with E-state index in [-0.39, 0.29) is 5.91 Å². The highest BCUT2D eigenvalue weighted by atomic mass is 35.5. The molecule has 0 aliphatic carbocycles. The molecule has 138 valence electrons. The van der Waals surface area contributed by atoms with E-state index >= 15 is 0 Å². The molecular weight excluding hydrogens is 352 g/mol. The van der Waals surface area contributed by atoms with E-state index < -0.39 is 0 Å². The molecule has 1 fully saturated rings. The number of hydrogen-bond acceptors (Lipinski definition) is 4. The first-order chi connectivity index (χ1) is 12.6. The standard InChI is InChI=1S/C20H23ClN2O3/c1-25-18-5-3-4-17(19(18)26-2)20(24)23-12-10-22(11-13-23)14-15-6-8-16(21)9-7-15/h3-9H,10-14H2,1-2H3. The summed E-state index contributed by atoms with van der Waals surface area (Å²) in [5, 5.41) is 0.747. The highest BCUT2D eigenvalue weighted by Crippen LogP contribution is 2.31. The van der Waals surface area contributed by atoms with Crippen LogP contribution >= 0.6 is 11.6 Å². The quantitative estimate of drug-likeness (QED) is 0.805. The summed E-state index contributed by atoms with van der Waals surface area (Å²) in [6.07, 6.45) is 0. The fraction of sp³-hybridized carbons (Fsp3) is 0.350. The van der Waals surface area contributed by atoms with Crippen LogP contribution in [0.25, 0.3) is 0 Å². The summed E-state index contributed by atoms with van der Waals surface area (Å²) in [7, 11) is 3.13. The normalized spacial score (nSPS) is 15.0. The molecule has 0 saturated carbocycles. The zero-order valence-corrected chi connectivity index (χ0v) is 15.8. The van der Waals surface area contributed by atoms with Crippen molar-refractivity contribution in [1.29, 1.82) is 0 Å². The number of hydrogen-bond donors (Lipinski definition) is 0. The van der Waals surface area contributed by atoms with E-state index in [2.05, 4.69) is 4.90 Å². The third-order valence-electron chi connectivity index (χ3n) is 4.61. The Balaban J connectivity index is 1.63. The molecule has 1 heterocycles. The van der Waals surface area contributed by atoms with Gasteiger partial charge in [0.25, 0.3) is 5.91 Å². The van der Waals surface area contributed by atoms with E-state index in [0.717, 1.165) is 24.7 Å². The van der Waals surface area contributed by atoms with Crippen LogP contribution in [0.5, 0.6) is 11.5 Å². The Labute approximate surface area is 159 Å². The Morgan fingerprint density at radius 3 is 2.31 bits per heavy atom. The van der Waals surface area contributed by atoms with Crippen LogP contribution in [0.2, 0.25) is 5.02 Å². The summed E-state index contributed by atoms with van der Waals surface area (Å²) in [6, 6.07) is 13.3. The highest BCUT2D eigenvalue weighted by molar-refractivity contribution is 6.30. The van der Waals surface area contributed by atoms with Gasteiger partial charge in [-0.05, 0) is 29.8 Å². The molecule has 0 N–H and O–H groups in total. The summed E-state index contributed by atoms with van der Waals surface area (Å²) in [4.78, 5) is 17.1. The summed E-state index contributed by atoms with van der Waals surface area (Å²) in [6.45, 7) is 3.91. The lowest BCUT2D eigenvalue weighted by Gasteiger charge is -2.35. The van der Waals surface area contributed by atoms with Crippen LogP contribution in [0.15, 0.2) is 42.5 Å². The molecule has 3 rings (SSSR count). The van der Waals surface area contributed by atoms with E-state index in [4.69, 9.17) is 21.1 Å². The largest absolute Gasteiger partial charge is 0.493 e. The number of benzene rings is 2. The second-order valence-corrected chi connectivity index (χ2v) is 6.67. The number of halogens is 1. The average molecular weight is 375 g/mol. The van der Waals surface area contributed by atoms with Crippen molar-refractivity contribution in [3.05, 3.63) is 58.6 Å². The molecule has 0 radical (unpaired) electrons. The topological polar surface area (TPSA) is 42.0 Å². The van der Waals surface area contributed by atoms with Crippen molar-refractivity contribution in [2.24, 2.45) is 0 Å². The number of carbonyl (C=O) groups excluding carboxylic acids is 1. The van der Waals surface area contributed by atoms with Gasteiger partial charge in [0.1, 0.15) is 0 Å². The van der Waals surface area contributed by atoms with Gasteiger partial charge in [0.15, 0.2) is 11.5 Å². The number of rotatable bonds is 5. The van der Waals surface area contributed by atoms with E-state index in [1.54, 1.807) is 26.4 Å². The van der Waals surface area contributed by atoms with E-state index in [0.29, 0.717) is 30.2 Å². The zero-order chi connectivity index (χ0) is 18.5. The smallest absolute Gasteiger partial charge is 0.257 e. The van der Waals surface area contributed by atoms with Gasteiger partial charge in [0.2, 0.25) is 0 Å². The molecule has 1 amide bonds. The fourth-order valence-electron chi connectivity index (χ4n) is 3.18. The van der Waals surface area contributed by atoms with Gasteiger partial charge in [-0.1, -0.05) is 29.8 Å². The van der Waals surface area contributed by atoms with Gasteiger partial charge >= 0.3 is 0 Å². The van der Waals surface area contributed by atoms with Crippen molar-refractivity contribution in [1.82, 2.24) is 9.80 Å². The lowest BCUT2D eigenvalue weighted by molar-refractivity contribution is 0.0624. The predicted octanol–water partition coefficient (Wildman–Crippen LogP) is 3.32. The fourth-order valence-corrected chi connectivity index (χ4v) is 3.31. The van der Waals surface area contributed by atoms with E-state index in [9.17, 15) is 4.79 Å². The average Bonchev–Trinajstić information content (AvgIpc) is 2.69. The maximum atomic E-state index is 12.9. The molecular formula is C20H23ClN2O3. The van der Waals surface area contributed by atoms with Crippen LogP contribution in [-0.2, 0) is 6.54 Å². The van der Waals surface area contributed by atoms with Gasteiger partial charge in [-0.2, -0.15) is 0 Å². The molecule has 2 aromatic carbocycles. The number of methoxy groups -OCH3 is 2. The molecule has 0 aromatic heterocycles. The van der Waals surface area contributed by atoms with Crippen LogP contribution in [0, 0.1) is 0 Å². The first-order valence-electron chi connectivity index (χ1n) is 8.59. The highest BCUT2D eigenvalue weighted by Gasteiger charge is 2.25. The minimum absolute atomic E-state index is 0.0214. The first-order valence-corrected chi connectivity index (χ1v) is 8.97. The molecule has 26 heavy (non-hydrogen) atoms. The van der Waals surface area contributed by atoms with Crippen molar-refractivity contribution in [2.75, 3.05) is 40.4 Å². The summed E-state index contributed by atoms with van der Waals surface area (Å²) in [5.41, 5.74) is 1.77. The van der Waals surface area contributed by atoms with Gasteiger partial charge in [-0.25, -0.2) is 0 Å². The Morgan fingerprint density at radius 1 is 1.00 bits per heavy atom. The van der Waals surface area contributed by atoms with Gasteiger partial charge in [-0.3, -0.25) is 9.69 Å². The lowest BCUT2D eigenvalue weighted by atomic mass is 10.1. The third-order valence-corrected chi connectivity index (χ3v) is 4.86. The third kappa shape index (κ3) is 4.11. The number of carbonyl (C=O) groups is 1. The number of nitrogens with zero attached hydrogens (tertiary/aromatic N) is 2. The molecule has 5 nitrogen and oxygen atoms in total. The summed E-state index contributed by atoms with van der Waals surface area (Å²) >= 11 is 5.94. The Kier molecular flexibility index (Phi) is 6.01. The van der Waals surface area contributed by atoms with Gasteiger partial charge in [-0.15, -0.1) is 0 Å². The van der Waals surface area contributed by atoms with Gasteiger partial charge in [0.05, 0.1) is 19.8 Å². The molecule has 0 unspecified atom stereocenters. The van der Waals surface area contributed by atoms with Crippen LogP contribution < -0.4 is 9.47 Å². The van der Waals surface area contributed by atoms with Crippen LogP contribution in [-0.4, -0.2) is 56.1 Å². The van der Waals surface area contributed by atoms with Crippen LogP contribution in [0.4, 0.5) is 0 Å². The van der Waals surface area contributed by atoms with E-state index in [1.807, 2.05) is 35.2 Å². The molecule has 0 bridgehead atoms. The Morgan fingerprint density at radius 2 is 1.69 bits per heavy atom. The Bertz CT molecular complexity index is 756. The van der Waals surface area contributed by atoms with Crippen molar-refractivity contribution in [2.45, 2.75) is 6.54 Å². The van der Waals surface area contributed by atoms with Crippen molar-refractivity contribution < 1.29 is 14.3 Å². The minimum Gasteiger partial charge on any atom is -0.493 e. The minimum atomic E-state index is -0.0214. The molecule has 0 atom stereocenters. The number of ether oxygens (including phenoxy) is 2. The second kappa shape index (κ2) is 8.43. The number of amides is 1. The molecule has 1 saturated heterocycles. The Hall–Kier alpha value is -2.24. The monoisotopic (exact) mass is 374 g/mol. The maximum Gasteiger partial charge on any atom is 0.257 e. The zero-order valence-electron chi connectivity index (χ0n) is 15.1. The summed E-state index contributed by atoms with van der Waals surface area (Å²) < 4.78 is 10.7.